The molecule has 2 rings (SSSR count). The lowest BCUT2D eigenvalue weighted by atomic mass is 10.2. The Balaban J connectivity index is 2.01. The second kappa shape index (κ2) is 2.82. The topological polar surface area (TPSA) is 41.7 Å². The highest BCUT2D eigenvalue weighted by molar-refractivity contribution is 7.90. The van der Waals surface area contributed by atoms with Gasteiger partial charge in [0.05, 0.1) is 11.8 Å². The van der Waals surface area contributed by atoms with Gasteiger partial charge in [-0.25, -0.2) is 13.3 Å². The Morgan fingerprint density at radius 1 is 1.46 bits per heavy atom. The van der Waals surface area contributed by atoms with E-state index in [0.29, 0.717) is 13.1 Å². The zero-order chi connectivity index (χ0) is 9.47. The highest BCUT2D eigenvalue weighted by Crippen LogP contribution is 2.34. The molecule has 1 aliphatic heterocycles. The molecule has 0 N–H and O–H groups in total. The zero-order valence-electron chi connectivity index (χ0n) is 7.10. The molecule has 0 radical (unpaired) electrons. The minimum Gasteiger partial charge on any atom is -0.246 e. The smallest absolute Gasteiger partial charge is 0.217 e. The molecule has 2 fully saturated rings. The molecule has 0 aromatic carbocycles. The lowest BCUT2D eigenvalue weighted by Gasteiger charge is -2.32. The maximum Gasteiger partial charge on any atom is 0.217 e. The van der Waals surface area contributed by atoms with Crippen LogP contribution in [0.4, 0.5) is 0 Å². The van der Waals surface area contributed by atoms with E-state index in [-0.39, 0.29) is 5.25 Å². The van der Waals surface area contributed by atoms with Crippen molar-refractivity contribution < 1.29 is 8.42 Å². The Morgan fingerprint density at radius 3 is 2.54 bits per heavy atom. The minimum atomic E-state index is -2.99. The van der Waals surface area contributed by atoms with Crippen molar-refractivity contribution in [1.29, 1.82) is 0 Å². The van der Waals surface area contributed by atoms with E-state index in [1.54, 1.807) is 0 Å². The number of hydrogen-bond acceptors (Lipinski definition) is 2. The van der Waals surface area contributed by atoms with Gasteiger partial charge in [-0.1, -0.05) is 0 Å². The third-order valence-electron chi connectivity index (χ3n) is 2.31. The van der Waals surface area contributed by atoms with Gasteiger partial charge in [-0.15, -0.1) is 0 Å². The maximum atomic E-state index is 11.5. The average molecular weight is 198 g/mol. The van der Waals surface area contributed by atoms with Crippen molar-refractivity contribution in [2.75, 3.05) is 13.1 Å². The molecule has 0 atom stereocenters. The van der Waals surface area contributed by atoms with Crippen molar-refractivity contribution in [3.05, 3.63) is 23.2 Å². The van der Waals surface area contributed by atoms with Gasteiger partial charge >= 0.3 is 0 Å². The largest absolute Gasteiger partial charge is 0.246 e. The highest BCUT2D eigenvalue weighted by Gasteiger charge is 2.43. The summed E-state index contributed by atoms with van der Waals surface area (Å²) in [6.07, 6.45) is 3.03. The quantitative estimate of drug-likeness (QED) is 0.610. The van der Waals surface area contributed by atoms with Crippen molar-refractivity contribution in [1.82, 2.24) is 4.31 Å². The number of hydrogen-bond donors (Lipinski definition) is 0. The first kappa shape index (κ1) is 8.73. The summed E-state index contributed by atoms with van der Waals surface area (Å²) in [6.45, 7) is 7.43. The van der Waals surface area contributed by atoms with Crippen LogP contribution < -0.4 is 0 Å². The van der Waals surface area contributed by atoms with E-state index in [0.717, 1.165) is 18.4 Å². The Bertz CT molecular complexity index is 379. The van der Waals surface area contributed by atoms with Gasteiger partial charge < -0.3 is 0 Å². The summed E-state index contributed by atoms with van der Waals surface area (Å²) >= 11 is 0. The third-order valence-corrected chi connectivity index (χ3v) is 4.60. The van der Waals surface area contributed by atoms with Crippen LogP contribution in [0.5, 0.6) is 0 Å². The Hall–Kier alpha value is -0.860. The predicted octanol–water partition coefficient (Wildman–Crippen LogP) is 0.597. The molecule has 13 heavy (non-hydrogen) atoms. The molecule has 1 saturated carbocycles. The second-order valence-corrected chi connectivity index (χ2v) is 5.64. The number of sulfonamides is 1. The van der Waals surface area contributed by atoms with E-state index in [1.807, 2.05) is 0 Å². The first-order valence-corrected chi connectivity index (χ1v) is 5.68. The van der Waals surface area contributed by atoms with E-state index in [2.05, 4.69) is 4.85 Å². The summed E-state index contributed by atoms with van der Waals surface area (Å²) in [5.74, 6) is 0. The summed E-state index contributed by atoms with van der Waals surface area (Å²) in [6, 6.07) is 0. The van der Waals surface area contributed by atoms with Gasteiger partial charge in [0.2, 0.25) is 10.0 Å². The highest BCUT2D eigenvalue weighted by atomic mass is 32.2. The zero-order valence-corrected chi connectivity index (χ0v) is 7.92. The first-order valence-electron chi connectivity index (χ1n) is 4.18. The van der Waals surface area contributed by atoms with Crippen LogP contribution >= 0.6 is 0 Å². The number of rotatable bonds is 2. The molecular weight excluding hydrogens is 188 g/mol. The Morgan fingerprint density at radius 2 is 2.08 bits per heavy atom. The van der Waals surface area contributed by atoms with Crippen molar-refractivity contribution in [2.45, 2.75) is 18.1 Å². The molecule has 0 aromatic heterocycles. The molecular formula is C8H10N2O2S. The summed E-state index contributed by atoms with van der Waals surface area (Å²) in [7, 11) is -2.99. The fourth-order valence-electron chi connectivity index (χ4n) is 1.34. The molecule has 0 aromatic rings. The van der Waals surface area contributed by atoms with E-state index < -0.39 is 10.0 Å². The van der Waals surface area contributed by atoms with Gasteiger partial charge in [0, 0.05) is 13.1 Å². The van der Waals surface area contributed by atoms with Gasteiger partial charge in [0.1, 0.15) is 0 Å². The Kier molecular flexibility index (Phi) is 1.90. The fourth-order valence-corrected chi connectivity index (χ4v) is 3.18. The van der Waals surface area contributed by atoms with Gasteiger partial charge in [0.15, 0.2) is 6.20 Å². The third kappa shape index (κ3) is 1.47. The van der Waals surface area contributed by atoms with E-state index >= 15 is 0 Å². The van der Waals surface area contributed by atoms with Crippen LogP contribution in [0, 0.1) is 6.57 Å². The fraction of sp³-hybridized carbons (Fsp3) is 0.625. The van der Waals surface area contributed by atoms with Crippen molar-refractivity contribution in [3.63, 3.8) is 0 Å². The molecule has 0 unspecified atom stereocenters. The van der Waals surface area contributed by atoms with Crippen molar-refractivity contribution in [2.24, 2.45) is 0 Å². The molecule has 1 saturated heterocycles. The molecule has 0 bridgehead atoms. The predicted molar refractivity (Wildman–Crippen MR) is 48.2 cm³/mol. The minimum absolute atomic E-state index is 0.123. The van der Waals surface area contributed by atoms with Crippen LogP contribution in [-0.4, -0.2) is 31.1 Å². The SMILES string of the molecule is [C-]#[N+]C=C1CN(S(=O)(=O)C2CC2)C1. The van der Waals surface area contributed by atoms with E-state index in [4.69, 9.17) is 6.57 Å². The van der Waals surface area contributed by atoms with Crippen LogP contribution in [0.25, 0.3) is 4.85 Å². The lowest BCUT2D eigenvalue weighted by molar-refractivity contribution is 0.390. The van der Waals surface area contributed by atoms with Crippen molar-refractivity contribution in [3.8, 4) is 0 Å². The molecule has 2 aliphatic rings. The normalized spacial score (nSPS) is 23.5. The molecule has 1 aliphatic carbocycles. The molecule has 0 spiro atoms. The molecule has 1 heterocycles. The van der Waals surface area contributed by atoms with Gasteiger partial charge in [-0.05, 0) is 18.4 Å². The first-order chi connectivity index (χ1) is 6.14. The summed E-state index contributed by atoms with van der Waals surface area (Å²) in [5, 5.41) is -0.123. The van der Waals surface area contributed by atoms with Gasteiger partial charge in [-0.2, -0.15) is 4.31 Å². The molecule has 5 heteroatoms. The monoisotopic (exact) mass is 198 g/mol. The van der Waals surface area contributed by atoms with Crippen molar-refractivity contribution >= 4 is 10.0 Å². The van der Waals surface area contributed by atoms with Gasteiger partial charge in [-0.3, -0.25) is 0 Å². The average Bonchev–Trinajstić information content (AvgIpc) is 2.76. The summed E-state index contributed by atoms with van der Waals surface area (Å²) in [5.41, 5.74) is 0.916. The van der Waals surface area contributed by atoms with Crippen LogP contribution in [-0.2, 0) is 10.0 Å². The molecule has 0 amide bonds. The van der Waals surface area contributed by atoms with Crippen LogP contribution in [0.15, 0.2) is 11.8 Å². The van der Waals surface area contributed by atoms with E-state index in [1.165, 1.54) is 10.5 Å². The van der Waals surface area contributed by atoms with Crippen LogP contribution in [0.2, 0.25) is 0 Å². The van der Waals surface area contributed by atoms with Crippen LogP contribution in [0.3, 0.4) is 0 Å². The summed E-state index contributed by atoms with van der Waals surface area (Å²) in [4.78, 5) is 3.10. The maximum absolute atomic E-state index is 11.5. The molecule has 4 nitrogen and oxygen atoms in total. The number of nitrogens with zero attached hydrogens (tertiary/aromatic N) is 2. The second-order valence-electron chi connectivity index (χ2n) is 3.43. The van der Waals surface area contributed by atoms with Gasteiger partial charge in [0.25, 0.3) is 0 Å². The standard InChI is InChI=1S/C8H10N2O2S/c1-9-4-7-5-10(6-7)13(11,12)8-2-3-8/h4,8H,2-3,5-6H2. The summed E-state index contributed by atoms with van der Waals surface area (Å²) < 4.78 is 24.6. The lowest BCUT2D eigenvalue weighted by Crippen LogP contribution is -2.45. The van der Waals surface area contributed by atoms with Crippen LogP contribution in [0.1, 0.15) is 12.8 Å². The molecule has 70 valence electrons. The van der Waals surface area contributed by atoms with E-state index in [9.17, 15) is 8.42 Å². The Labute approximate surface area is 77.7 Å².